The third-order valence-electron chi connectivity index (χ3n) is 8.57. The number of aromatic nitrogens is 2. The predicted octanol–water partition coefficient (Wildman–Crippen LogP) is 6.09. The van der Waals surface area contributed by atoms with Gasteiger partial charge in [-0.1, -0.05) is 0 Å². The van der Waals surface area contributed by atoms with Crippen LogP contribution in [0.15, 0.2) is 72.8 Å². The molecule has 3 aromatic carbocycles. The number of ether oxygens (including phenoxy) is 2. The topological polar surface area (TPSA) is 244 Å². The second-order valence-electron chi connectivity index (χ2n) is 11.6. The summed E-state index contributed by atoms with van der Waals surface area (Å²) in [6.07, 6.45) is 0. The van der Waals surface area contributed by atoms with E-state index in [0.717, 1.165) is 0 Å². The number of nitriles is 2. The minimum absolute atomic E-state index is 0.00164. The third-order valence-corrected chi connectivity index (χ3v) is 8.57. The highest BCUT2D eigenvalue weighted by Crippen LogP contribution is 2.33. The minimum Gasteiger partial charge on any atom is -0.462 e. The van der Waals surface area contributed by atoms with Gasteiger partial charge in [-0.3, -0.25) is 31.0 Å². The lowest BCUT2D eigenvalue weighted by atomic mass is 9.99. The van der Waals surface area contributed by atoms with Crippen LogP contribution < -0.4 is 10.7 Å². The van der Waals surface area contributed by atoms with Crippen molar-refractivity contribution in [2.45, 2.75) is 27.7 Å². The minimum atomic E-state index is -0.831. The lowest BCUT2D eigenvalue weighted by Crippen LogP contribution is -2.27. The van der Waals surface area contributed by atoms with Crippen LogP contribution in [0.25, 0.3) is 33.9 Å². The SMILES string of the molecule is CCOC(=O)c1c(C)n(-c2ccc(-n3c(C)c(C(=O)OCC)c(=N)c(C#N)c3-c3ccc([N+](=O)[O-])cc3)cc2)c(-c2ccc([N+](=O)[O-])cc2)c(C#N)c1=N. The average molecular weight is 727 g/mol. The monoisotopic (exact) mass is 726 g/mol. The van der Waals surface area contributed by atoms with Crippen LogP contribution in [0, 0.1) is 67.6 Å². The first-order valence-electron chi connectivity index (χ1n) is 16.2. The number of esters is 2. The van der Waals surface area contributed by atoms with Crippen LogP contribution in [-0.4, -0.2) is 44.1 Å². The fourth-order valence-electron chi connectivity index (χ4n) is 6.18. The van der Waals surface area contributed by atoms with E-state index in [2.05, 4.69) is 0 Å². The van der Waals surface area contributed by atoms with E-state index in [-0.39, 0.29) is 80.3 Å². The Morgan fingerprint density at radius 3 is 1.22 bits per heavy atom. The van der Waals surface area contributed by atoms with E-state index in [1.54, 1.807) is 61.1 Å². The highest BCUT2D eigenvalue weighted by molar-refractivity contribution is 5.93. The molecule has 0 unspecified atom stereocenters. The van der Waals surface area contributed by atoms with E-state index in [0.29, 0.717) is 22.5 Å². The molecule has 0 aliphatic heterocycles. The molecule has 5 rings (SSSR count). The Bertz CT molecular complexity index is 2400. The molecule has 16 heteroatoms. The molecule has 0 saturated carbocycles. The maximum Gasteiger partial charge on any atom is 0.342 e. The molecule has 270 valence electrons. The number of pyridine rings is 2. The summed E-state index contributed by atoms with van der Waals surface area (Å²) in [7, 11) is 0. The lowest BCUT2D eigenvalue weighted by molar-refractivity contribution is -0.385. The van der Waals surface area contributed by atoms with Crippen LogP contribution in [0.2, 0.25) is 0 Å². The van der Waals surface area contributed by atoms with Crippen LogP contribution in [0.5, 0.6) is 0 Å². The fraction of sp³-hybridized carbons (Fsp3) is 0.158. The second-order valence-corrected chi connectivity index (χ2v) is 11.6. The molecule has 0 aliphatic carbocycles. The van der Waals surface area contributed by atoms with Gasteiger partial charge in [0.05, 0.1) is 45.2 Å². The Labute approximate surface area is 306 Å². The van der Waals surface area contributed by atoms with Gasteiger partial charge in [-0.15, -0.1) is 0 Å². The number of carbonyl (C=O) groups is 2. The molecule has 2 N–H and O–H groups in total. The largest absolute Gasteiger partial charge is 0.462 e. The molecule has 5 aromatic rings. The number of hydrogen-bond donors (Lipinski definition) is 2. The molecule has 0 aliphatic rings. The standard InChI is InChI=1S/C38H30N8O8/c1-5-53-37(47)31-21(3)43(35(29(19-39)33(31)41)23-7-11-27(12-8-23)45(49)50)25-15-17-26(18-16-25)44-22(4)32(38(48)54-6-2)34(42)30(20-40)36(44)24-9-13-28(14-10-24)46(51)52/h7-18,41-42H,5-6H2,1-4H3. The fourth-order valence-corrected chi connectivity index (χ4v) is 6.18. The van der Waals surface area contributed by atoms with Gasteiger partial charge in [0, 0.05) is 58.2 Å². The van der Waals surface area contributed by atoms with Crippen molar-refractivity contribution in [3.8, 4) is 46.0 Å². The molecule has 0 spiro atoms. The summed E-state index contributed by atoms with van der Waals surface area (Å²) in [6, 6.07) is 21.2. The zero-order chi connectivity index (χ0) is 39.4. The lowest BCUT2D eigenvalue weighted by Gasteiger charge is -2.24. The van der Waals surface area contributed by atoms with E-state index in [9.17, 15) is 40.3 Å². The number of nitrogens with one attached hydrogen (secondary N) is 2. The van der Waals surface area contributed by atoms with Crippen molar-refractivity contribution in [3.63, 3.8) is 0 Å². The van der Waals surface area contributed by atoms with Crippen molar-refractivity contribution in [3.05, 3.63) is 137 Å². The van der Waals surface area contributed by atoms with Crippen molar-refractivity contribution < 1.29 is 28.9 Å². The van der Waals surface area contributed by atoms with E-state index in [4.69, 9.17) is 20.3 Å². The maximum atomic E-state index is 13.2. The Hall–Kier alpha value is -7.72. The summed E-state index contributed by atoms with van der Waals surface area (Å²) < 4.78 is 13.6. The van der Waals surface area contributed by atoms with Gasteiger partial charge in [-0.2, -0.15) is 10.5 Å². The second kappa shape index (κ2) is 15.3. The number of carbonyl (C=O) groups excluding carboxylic acids is 2. The number of non-ortho nitro benzene ring substituents is 2. The molecule has 0 radical (unpaired) electrons. The van der Waals surface area contributed by atoms with Gasteiger partial charge in [-0.05, 0) is 76.2 Å². The Morgan fingerprint density at radius 1 is 0.648 bits per heavy atom. The Kier molecular flexibility index (Phi) is 10.6. The summed E-state index contributed by atoms with van der Waals surface area (Å²) in [5.74, 6) is -1.66. The summed E-state index contributed by atoms with van der Waals surface area (Å²) >= 11 is 0. The molecule has 0 fully saturated rings. The zero-order valence-corrected chi connectivity index (χ0v) is 29.3. The number of nitro groups is 2. The van der Waals surface area contributed by atoms with Gasteiger partial charge >= 0.3 is 11.9 Å². The van der Waals surface area contributed by atoms with E-state index in [1.807, 2.05) is 12.1 Å². The number of rotatable bonds is 10. The highest BCUT2D eigenvalue weighted by atomic mass is 16.6. The summed E-state index contributed by atoms with van der Waals surface area (Å²) in [6.45, 7) is 6.34. The van der Waals surface area contributed by atoms with Crippen LogP contribution in [0.4, 0.5) is 11.4 Å². The number of nitrogens with zero attached hydrogens (tertiary/aromatic N) is 6. The molecular formula is C38H30N8O8. The van der Waals surface area contributed by atoms with Gasteiger partial charge < -0.3 is 18.6 Å². The van der Waals surface area contributed by atoms with E-state index >= 15 is 0 Å². The molecule has 0 atom stereocenters. The van der Waals surface area contributed by atoms with Crippen LogP contribution in [-0.2, 0) is 9.47 Å². The number of nitro benzene ring substituents is 2. The quantitative estimate of drug-likeness (QED) is 0.0952. The Balaban J connectivity index is 1.85. The van der Waals surface area contributed by atoms with E-state index < -0.39 is 21.8 Å². The first-order chi connectivity index (χ1) is 25.8. The van der Waals surface area contributed by atoms with Crippen LogP contribution in [0.3, 0.4) is 0 Å². The maximum absolute atomic E-state index is 13.2. The van der Waals surface area contributed by atoms with E-state index in [1.165, 1.54) is 48.5 Å². The van der Waals surface area contributed by atoms with Gasteiger partial charge in [0.1, 0.15) is 34.4 Å². The Morgan fingerprint density at radius 2 is 0.963 bits per heavy atom. The highest BCUT2D eigenvalue weighted by Gasteiger charge is 2.27. The molecule has 2 heterocycles. The molecule has 54 heavy (non-hydrogen) atoms. The van der Waals surface area contributed by atoms with Crippen LogP contribution in [0.1, 0.15) is 57.1 Å². The number of hydrogen-bond acceptors (Lipinski definition) is 12. The molecule has 0 amide bonds. The molecule has 0 bridgehead atoms. The van der Waals surface area contributed by atoms with Crippen molar-refractivity contribution in [1.29, 1.82) is 21.3 Å². The smallest absolute Gasteiger partial charge is 0.342 e. The first-order valence-corrected chi connectivity index (χ1v) is 16.2. The molecule has 0 saturated heterocycles. The van der Waals surface area contributed by atoms with Crippen LogP contribution >= 0.6 is 0 Å². The van der Waals surface area contributed by atoms with Crippen molar-refractivity contribution in [1.82, 2.24) is 9.13 Å². The van der Waals surface area contributed by atoms with Crippen molar-refractivity contribution in [2.24, 2.45) is 0 Å². The van der Waals surface area contributed by atoms with Crippen molar-refractivity contribution >= 4 is 23.3 Å². The first kappa shape index (κ1) is 37.5. The summed E-state index contributed by atoms with van der Waals surface area (Å²) in [5.41, 5.74) is 1.08. The zero-order valence-electron chi connectivity index (χ0n) is 29.3. The van der Waals surface area contributed by atoms with Gasteiger partial charge in [0.25, 0.3) is 11.4 Å². The summed E-state index contributed by atoms with van der Waals surface area (Å²) in [5, 5.41) is 60.4. The predicted molar refractivity (Wildman–Crippen MR) is 192 cm³/mol. The molecular weight excluding hydrogens is 696 g/mol. The normalized spacial score (nSPS) is 10.6. The van der Waals surface area contributed by atoms with Gasteiger partial charge in [-0.25, -0.2) is 9.59 Å². The molecule has 2 aromatic heterocycles. The average Bonchev–Trinajstić information content (AvgIpc) is 3.15. The van der Waals surface area contributed by atoms with Gasteiger partial charge in [0.2, 0.25) is 0 Å². The summed E-state index contributed by atoms with van der Waals surface area (Å²) in [4.78, 5) is 48.0. The number of benzene rings is 3. The van der Waals surface area contributed by atoms with Crippen molar-refractivity contribution in [2.75, 3.05) is 13.2 Å². The van der Waals surface area contributed by atoms with Gasteiger partial charge in [0.15, 0.2) is 0 Å². The third kappa shape index (κ3) is 6.58. The molecule has 16 nitrogen and oxygen atoms in total.